The van der Waals surface area contributed by atoms with E-state index in [0.29, 0.717) is 26.0 Å². The fourth-order valence-electron chi connectivity index (χ4n) is 4.30. The van der Waals surface area contributed by atoms with Crippen molar-refractivity contribution in [1.29, 1.82) is 5.26 Å². The molecule has 1 N–H and O–H groups in total. The van der Waals surface area contributed by atoms with Gasteiger partial charge >= 0.3 is 6.09 Å². The van der Waals surface area contributed by atoms with Crippen molar-refractivity contribution in [3.05, 3.63) is 53.6 Å². The van der Waals surface area contributed by atoms with E-state index in [1.165, 1.54) is 20.9 Å². The lowest BCUT2D eigenvalue weighted by Crippen LogP contribution is -2.48. The average Bonchev–Trinajstić information content (AvgIpc) is 3.17. The van der Waals surface area contributed by atoms with E-state index in [0.717, 1.165) is 23.3 Å². The Bertz CT molecular complexity index is 1140. The Morgan fingerprint density at radius 3 is 2.69 bits per heavy atom. The highest BCUT2D eigenvalue weighted by atomic mass is 32.2. The number of thioether (sulfide) groups is 1. The summed E-state index contributed by atoms with van der Waals surface area (Å²) < 4.78 is 11.1. The second-order valence-corrected chi connectivity index (χ2v) is 11.3. The molecular formula is C28H33N3O4S. The Kier molecular flexibility index (Phi) is 8.22. The van der Waals surface area contributed by atoms with Crippen LogP contribution in [0.25, 0.3) is 11.1 Å². The Morgan fingerprint density at radius 1 is 1.22 bits per heavy atom. The second kappa shape index (κ2) is 11.4. The summed E-state index contributed by atoms with van der Waals surface area (Å²) in [6, 6.07) is 16.2. The number of ether oxygens (including phenoxy) is 2. The van der Waals surface area contributed by atoms with Crippen molar-refractivity contribution in [2.24, 2.45) is 0 Å². The number of rotatable bonds is 5. The van der Waals surface area contributed by atoms with Crippen molar-refractivity contribution >= 4 is 23.8 Å². The molecule has 2 aliphatic rings. The van der Waals surface area contributed by atoms with Crippen LogP contribution >= 0.6 is 11.8 Å². The number of fused-ring (bicyclic) bond motifs is 1. The second-order valence-electron chi connectivity index (χ2n) is 10.2. The number of hydrogen-bond donors (Lipinski definition) is 1. The molecule has 0 aliphatic carbocycles. The van der Waals surface area contributed by atoms with E-state index in [2.05, 4.69) is 41.7 Å². The van der Waals surface area contributed by atoms with E-state index >= 15 is 0 Å². The number of nitrogens with zero attached hydrogens (tertiary/aromatic N) is 2. The highest BCUT2D eigenvalue weighted by Gasteiger charge is 2.31. The van der Waals surface area contributed by atoms with Crippen molar-refractivity contribution in [3.63, 3.8) is 0 Å². The molecule has 7 nitrogen and oxygen atoms in total. The molecule has 0 aromatic heterocycles. The van der Waals surface area contributed by atoms with Crippen LogP contribution in [0.5, 0.6) is 0 Å². The van der Waals surface area contributed by atoms with Crippen LogP contribution in [0, 0.1) is 11.3 Å². The molecule has 0 unspecified atom stereocenters. The molecule has 1 saturated heterocycles. The van der Waals surface area contributed by atoms with Crippen LogP contribution in [0.1, 0.15) is 38.3 Å². The highest BCUT2D eigenvalue weighted by Crippen LogP contribution is 2.34. The number of hydrogen-bond acceptors (Lipinski definition) is 6. The molecule has 0 spiro atoms. The summed E-state index contributed by atoms with van der Waals surface area (Å²) >= 11 is 1.90. The minimum atomic E-state index is -0.851. The lowest BCUT2D eigenvalue weighted by atomic mass is 9.99. The topological polar surface area (TPSA) is 91.7 Å². The predicted molar refractivity (Wildman–Crippen MR) is 140 cm³/mol. The molecule has 2 aromatic rings. The van der Waals surface area contributed by atoms with Gasteiger partial charge in [-0.3, -0.25) is 4.79 Å². The fourth-order valence-corrected chi connectivity index (χ4v) is 5.36. The quantitative estimate of drug-likeness (QED) is 0.637. The van der Waals surface area contributed by atoms with Gasteiger partial charge in [-0.15, -0.1) is 11.8 Å². The first-order valence-corrected chi connectivity index (χ1v) is 13.3. The standard InChI is InChI=1S/C28H33N3O4S/c1-28(2,3)35-27(33)31-12-4-13-34-24(18-31)26(32)30-23(17-29)15-19-5-7-20(8-6-19)21-9-10-25-22(16-21)11-14-36-25/h5-10,16,23-24H,4,11-15,18H2,1-3H3,(H,30,32)/t23-,24-/m0/s1. The first kappa shape index (κ1) is 26.1. The summed E-state index contributed by atoms with van der Waals surface area (Å²) in [6.07, 6.45) is 0.780. The number of nitriles is 1. The Labute approximate surface area is 217 Å². The van der Waals surface area contributed by atoms with E-state index in [1.807, 2.05) is 23.9 Å². The van der Waals surface area contributed by atoms with E-state index in [4.69, 9.17) is 9.47 Å². The van der Waals surface area contributed by atoms with Gasteiger partial charge in [0.2, 0.25) is 0 Å². The fraction of sp³-hybridized carbons (Fsp3) is 0.464. The van der Waals surface area contributed by atoms with Crippen LogP contribution in [0.4, 0.5) is 4.79 Å². The summed E-state index contributed by atoms with van der Waals surface area (Å²) in [7, 11) is 0. The zero-order chi connectivity index (χ0) is 25.7. The molecule has 2 amide bonds. The molecule has 36 heavy (non-hydrogen) atoms. The van der Waals surface area contributed by atoms with E-state index < -0.39 is 29.7 Å². The molecule has 0 saturated carbocycles. The van der Waals surface area contributed by atoms with E-state index in [9.17, 15) is 14.9 Å². The normalized spacial score (nSPS) is 18.5. The van der Waals surface area contributed by atoms with Gasteiger partial charge in [0, 0.05) is 30.2 Å². The molecule has 8 heteroatoms. The van der Waals surface area contributed by atoms with Crippen LogP contribution < -0.4 is 5.32 Å². The Morgan fingerprint density at radius 2 is 1.97 bits per heavy atom. The third-order valence-electron chi connectivity index (χ3n) is 6.11. The molecular weight excluding hydrogens is 474 g/mol. The van der Waals surface area contributed by atoms with Crippen molar-refractivity contribution in [1.82, 2.24) is 10.2 Å². The molecule has 0 bridgehead atoms. The molecule has 2 heterocycles. The SMILES string of the molecule is CC(C)(C)OC(=O)N1CCCO[C@H](C(=O)N[C@H](C#N)Cc2ccc(-c3ccc4c(c3)CCS4)cc2)C1. The van der Waals surface area contributed by atoms with Gasteiger partial charge in [-0.2, -0.15) is 5.26 Å². The molecule has 0 radical (unpaired) electrons. The van der Waals surface area contributed by atoms with Crippen LogP contribution in [0.2, 0.25) is 0 Å². The lowest BCUT2D eigenvalue weighted by Gasteiger charge is -2.27. The monoisotopic (exact) mass is 507 g/mol. The third kappa shape index (κ3) is 6.80. The van der Waals surface area contributed by atoms with Crippen LogP contribution in [0.3, 0.4) is 0 Å². The largest absolute Gasteiger partial charge is 0.444 e. The number of carbonyl (C=O) groups is 2. The van der Waals surface area contributed by atoms with Crippen molar-refractivity contribution in [2.75, 3.05) is 25.4 Å². The zero-order valence-corrected chi connectivity index (χ0v) is 21.9. The van der Waals surface area contributed by atoms with Gasteiger partial charge in [-0.05, 0) is 61.9 Å². The number of nitrogens with one attached hydrogen (secondary N) is 1. The van der Waals surface area contributed by atoms with Crippen molar-refractivity contribution in [3.8, 4) is 17.2 Å². The Balaban J connectivity index is 1.35. The maximum absolute atomic E-state index is 12.9. The van der Waals surface area contributed by atoms with Crippen molar-refractivity contribution < 1.29 is 19.1 Å². The lowest BCUT2D eigenvalue weighted by molar-refractivity contribution is -0.133. The number of amides is 2. The maximum Gasteiger partial charge on any atom is 0.410 e. The third-order valence-corrected chi connectivity index (χ3v) is 7.23. The summed E-state index contributed by atoms with van der Waals surface area (Å²) in [5.41, 5.74) is 4.06. The van der Waals surface area contributed by atoms with E-state index in [-0.39, 0.29) is 6.54 Å². The average molecular weight is 508 g/mol. The molecule has 190 valence electrons. The maximum atomic E-state index is 12.9. The Hall–Kier alpha value is -3.02. The minimum absolute atomic E-state index is 0.0902. The van der Waals surface area contributed by atoms with Crippen molar-refractivity contribution in [2.45, 2.75) is 62.7 Å². The summed E-state index contributed by atoms with van der Waals surface area (Å²) in [4.78, 5) is 28.3. The van der Waals surface area contributed by atoms with Gasteiger partial charge in [0.05, 0.1) is 12.6 Å². The first-order chi connectivity index (χ1) is 17.2. The van der Waals surface area contributed by atoms with Gasteiger partial charge in [0.1, 0.15) is 11.6 Å². The molecule has 2 atom stereocenters. The van der Waals surface area contributed by atoms with Gasteiger partial charge in [-0.25, -0.2) is 4.79 Å². The summed E-state index contributed by atoms with van der Waals surface area (Å²) in [5.74, 6) is 0.744. The number of carbonyl (C=O) groups excluding carboxylic acids is 2. The van der Waals surface area contributed by atoms with Crippen LogP contribution in [-0.4, -0.2) is 60.1 Å². The number of aryl methyl sites for hydroxylation is 1. The number of benzene rings is 2. The molecule has 1 fully saturated rings. The molecule has 2 aromatic carbocycles. The molecule has 2 aliphatic heterocycles. The van der Waals surface area contributed by atoms with Gasteiger partial charge in [0.25, 0.3) is 5.91 Å². The minimum Gasteiger partial charge on any atom is -0.444 e. The van der Waals surface area contributed by atoms with Gasteiger partial charge in [0.15, 0.2) is 6.10 Å². The summed E-state index contributed by atoms with van der Waals surface area (Å²) in [5, 5.41) is 12.5. The van der Waals surface area contributed by atoms with Crippen LogP contribution in [-0.2, 0) is 27.1 Å². The van der Waals surface area contributed by atoms with Gasteiger partial charge < -0.3 is 19.7 Å². The highest BCUT2D eigenvalue weighted by molar-refractivity contribution is 7.99. The predicted octanol–water partition coefficient (Wildman–Crippen LogP) is 4.58. The van der Waals surface area contributed by atoms with E-state index in [1.54, 1.807) is 20.8 Å². The van der Waals surface area contributed by atoms with Crippen LogP contribution in [0.15, 0.2) is 47.4 Å². The smallest absolute Gasteiger partial charge is 0.410 e. The summed E-state index contributed by atoms with van der Waals surface area (Å²) in [6.45, 7) is 6.31. The first-order valence-electron chi connectivity index (χ1n) is 12.4. The molecule has 4 rings (SSSR count). The van der Waals surface area contributed by atoms with Gasteiger partial charge in [-0.1, -0.05) is 36.4 Å². The zero-order valence-electron chi connectivity index (χ0n) is 21.1.